The Balaban J connectivity index is 2.39. The molecule has 2 unspecified atom stereocenters. The number of rotatable bonds is 10. The Morgan fingerprint density at radius 3 is 1.38 bits per heavy atom. The molecule has 0 aliphatic carbocycles. The standard InChI is InChI=1S/C20H26O6/c1-13(2)19(21)25-15(5)23-11-17-7-9-18(10-8-17)12-24-16(6)26-20(22)14(3)4/h7-10,15-16H,1,3,11-12H2,2,4-6H3. The van der Waals surface area contributed by atoms with Gasteiger partial charge in [-0.25, -0.2) is 9.59 Å². The van der Waals surface area contributed by atoms with Crippen molar-refractivity contribution in [2.24, 2.45) is 0 Å². The molecule has 2 atom stereocenters. The molecule has 0 saturated carbocycles. The summed E-state index contributed by atoms with van der Waals surface area (Å²) in [5.74, 6) is -0.960. The highest BCUT2D eigenvalue weighted by atomic mass is 16.7. The molecule has 0 amide bonds. The molecule has 0 heterocycles. The fraction of sp³-hybridized carbons (Fsp3) is 0.400. The molecule has 0 radical (unpaired) electrons. The van der Waals surface area contributed by atoms with Gasteiger partial charge < -0.3 is 18.9 Å². The minimum Gasteiger partial charge on any atom is -0.433 e. The van der Waals surface area contributed by atoms with Gasteiger partial charge in [0.05, 0.1) is 13.2 Å². The fourth-order valence-corrected chi connectivity index (χ4v) is 1.73. The summed E-state index contributed by atoms with van der Waals surface area (Å²) in [6.45, 7) is 14.1. The van der Waals surface area contributed by atoms with Crippen LogP contribution in [0.4, 0.5) is 0 Å². The van der Waals surface area contributed by atoms with Gasteiger partial charge in [-0.15, -0.1) is 0 Å². The molecule has 1 aromatic carbocycles. The molecule has 0 aliphatic rings. The average molecular weight is 362 g/mol. The third-order valence-electron chi connectivity index (χ3n) is 3.24. The topological polar surface area (TPSA) is 71.1 Å². The molecule has 6 nitrogen and oxygen atoms in total. The highest BCUT2D eigenvalue weighted by molar-refractivity contribution is 5.87. The van der Waals surface area contributed by atoms with Crippen molar-refractivity contribution in [3.05, 3.63) is 59.7 Å². The van der Waals surface area contributed by atoms with Crippen molar-refractivity contribution in [3.8, 4) is 0 Å². The van der Waals surface area contributed by atoms with Crippen LogP contribution in [0.5, 0.6) is 0 Å². The lowest BCUT2D eigenvalue weighted by atomic mass is 10.1. The van der Waals surface area contributed by atoms with Gasteiger partial charge in [-0.2, -0.15) is 0 Å². The molecule has 0 bridgehead atoms. The normalized spacial score (nSPS) is 12.8. The van der Waals surface area contributed by atoms with E-state index in [1.54, 1.807) is 27.7 Å². The second-order valence-electron chi connectivity index (χ2n) is 5.95. The Morgan fingerprint density at radius 1 is 0.808 bits per heavy atom. The molecule has 0 N–H and O–H groups in total. The second-order valence-corrected chi connectivity index (χ2v) is 5.95. The van der Waals surface area contributed by atoms with Gasteiger partial charge in [-0.1, -0.05) is 37.4 Å². The average Bonchev–Trinajstić information content (AvgIpc) is 2.58. The van der Waals surface area contributed by atoms with Crippen LogP contribution < -0.4 is 0 Å². The van der Waals surface area contributed by atoms with E-state index in [1.165, 1.54) is 0 Å². The minimum atomic E-state index is -0.661. The van der Waals surface area contributed by atoms with Gasteiger partial charge in [0.15, 0.2) is 0 Å². The van der Waals surface area contributed by atoms with Gasteiger partial charge >= 0.3 is 11.9 Å². The molecule has 1 aromatic rings. The van der Waals surface area contributed by atoms with Gasteiger partial charge in [0.25, 0.3) is 0 Å². The van der Waals surface area contributed by atoms with Crippen LogP contribution in [0.2, 0.25) is 0 Å². The first kappa shape index (κ1) is 21.6. The smallest absolute Gasteiger partial charge is 0.335 e. The number of hydrogen-bond acceptors (Lipinski definition) is 6. The Labute approximate surface area is 154 Å². The van der Waals surface area contributed by atoms with E-state index < -0.39 is 24.5 Å². The SMILES string of the molecule is C=C(C)C(=O)OC(C)OCc1ccc(COC(C)OC(=O)C(=C)C)cc1. The molecule has 26 heavy (non-hydrogen) atoms. The van der Waals surface area contributed by atoms with Crippen molar-refractivity contribution in [1.82, 2.24) is 0 Å². The Bertz CT molecular complexity index is 590. The van der Waals surface area contributed by atoms with Crippen LogP contribution in [0, 0.1) is 0 Å². The summed E-state index contributed by atoms with van der Waals surface area (Å²) in [6.07, 6.45) is -1.32. The van der Waals surface area contributed by atoms with Crippen LogP contribution in [-0.2, 0) is 41.8 Å². The first-order valence-corrected chi connectivity index (χ1v) is 8.23. The zero-order valence-corrected chi connectivity index (χ0v) is 15.7. The van der Waals surface area contributed by atoms with Crippen LogP contribution in [0.25, 0.3) is 0 Å². The van der Waals surface area contributed by atoms with Crippen LogP contribution in [0.3, 0.4) is 0 Å². The molecular weight excluding hydrogens is 336 g/mol. The van der Waals surface area contributed by atoms with Crippen LogP contribution in [0.15, 0.2) is 48.6 Å². The van der Waals surface area contributed by atoms with Crippen molar-refractivity contribution in [3.63, 3.8) is 0 Å². The third-order valence-corrected chi connectivity index (χ3v) is 3.24. The van der Waals surface area contributed by atoms with E-state index in [0.29, 0.717) is 24.4 Å². The van der Waals surface area contributed by atoms with Crippen LogP contribution >= 0.6 is 0 Å². The summed E-state index contributed by atoms with van der Waals surface area (Å²) in [7, 11) is 0. The first-order chi connectivity index (χ1) is 12.2. The molecule has 0 aliphatic heterocycles. The maximum Gasteiger partial charge on any atom is 0.335 e. The van der Waals surface area contributed by atoms with E-state index in [2.05, 4.69) is 13.2 Å². The molecule has 6 heteroatoms. The summed E-state index contributed by atoms with van der Waals surface area (Å²) in [6, 6.07) is 7.54. The number of esters is 2. The summed E-state index contributed by atoms with van der Waals surface area (Å²) in [4.78, 5) is 22.8. The quantitative estimate of drug-likeness (QED) is 0.359. The number of benzene rings is 1. The largest absolute Gasteiger partial charge is 0.433 e. The van der Waals surface area contributed by atoms with E-state index in [0.717, 1.165) is 11.1 Å². The monoisotopic (exact) mass is 362 g/mol. The summed E-state index contributed by atoms with van der Waals surface area (Å²) >= 11 is 0. The third kappa shape index (κ3) is 8.09. The van der Waals surface area contributed by atoms with Crippen molar-refractivity contribution < 1.29 is 28.5 Å². The van der Waals surface area contributed by atoms with Gasteiger partial charge in [-0.05, 0) is 38.8 Å². The molecule has 0 aromatic heterocycles. The Kier molecular flexibility index (Phi) is 8.75. The lowest BCUT2D eigenvalue weighted by Gasteiger charge is -2.15. The molecule has 1 rings (SSSR count). The predicted octanol–water partition coefficient (Wildman–Crippen LogP) is 3.65. The molecule has 142 valence electrons. The van der Waals surface area contributed by atoms with Crippen molar-refractivity contribution in [2.45, 2.75) is 53.5 Å². The fourth-order valence-electron chi connectivity index (χ4n) is 1.73. The first-order valence-electron chi connectivity index (χ1n) is 8.23. The van der Waals surface area contributed by atoms with Crippen LogP contribution in [-0.4, -0.2) is 24.5 Å². The highest BCUT2D eigenvalue weighted by Gasteiger charge is 2.11. The minimum absolute atomic E-state index is 0.304. The molecule has 0 fully saturated rings. The molecular formula is C20H26O6. The lowest BCUT2D eigenvalue weighted by molar-refractivity contribution is -0.173. The van der Waals surface area contributed by atoms with Gasteiger partial charge in [0.1, 0.15) is 0 Å². The number of carbonyl (C=O) groups excluding carboxylic acids is 2. The van der Waals surface area contributed by atoms with Gasteiger partial charge in [0, 0.05) is 11.1 Å². The van der Waals surface area contributed by atoms with E-state index >= 15 is 0 Å². The second kappa shape index (κ2) is 10.5. The number of ether oxygens (including phenoxy) is 4. The maximum absolute atomic E-state index is 11.4. The summed E-state index contributed by atoms with van der Waals surface area (Å²) < 4.78 is 21.0. The lowest BCUT2D eigenvalue weighted by Crippen LogP contribution is -2.18. The van der Waals surface area contributed by atoms with E-state index in [4.69, 9.17) is 18.9 Å². The van der Waals surface area contributed by atoms with Gasteiger partial charge in [-0.3, -0.25) is 0 Å². The molecule has 0 spiro atoms. The summed E-state index contributed by atoms with van der Waals surface area (Å²) in [5.41, 5.74) is 2.50. The Morgan fingerprint density at radius 2 is 1.12 bits per heavy atom. The Hall–Kier alpha value is -2.44. The zero-order valence-electron chi connectivity index (χ0n) is 15.7. The van der Waals surface area contributed by atoms with Crippen LogP contribution in [0.1, 0.15) is 38.8 Å². The van der Waals surface area contributed by atoms with E-state index in [-0.39, 0.29) is 0 Å². The van der Waals surface area contributed by atoms with Crippen molar-refractivity contribution in [1.29, 1.82) is 0 Å². The number of hydrogen-bond donors (Lipinski definition) is 0. The highest BCUT2D eigenvalue weighted by Crippen LogP contribution is 2.11. The van der Waals surface area contributed by atoms with Crippen molar-refractivity contribution in [2.75, 3.05) is 0 Å². The van der Waals surface area contributed by atoms with Crippen molar-refractivity contribution >= 4 is 11.9 Å². The maximum atomic E-state index is 11.4. The summed E-state index contributed by atoms with van der Waals surface area (Å²) in [5, 5.41) is 0. The molecule has 0 saturated heterocycles. The number of carbonyl (C=O) groups is 2. The predicted molar refractivity (Wildman–Crippen MR) is 96.8 cm³/mol. The van der Waals surface area contributed by atoms with Gasteiger partial charge in [0.2, 0.25) is 12.6 Å². The van der Waals surface area contributed by atoms with E-state index in [9.17, 15) is 9.59 Å². The van der Waals surface area contributed by atoms with E-state index in [1.807, 2.05) is 24.3 Å². The zero-order chi connectivity index (χ0) is 19.7.